The van der Waals surface area contributed by atoms with Crippen LogP contribution in [0.5, 0.6) is 0 Å². The number of carbonyl (C=O) groups excluding carboxylic acids is 2. The fourth-order valence-corrected chi connectivity index (χ4v) is 16.0. The summed E-state index contributed by atoms with van der Waals surface area (Å²) in [5.41, 5.74) is 5.60. The maximum absolute atomic E-state index is 11.6. The van der Waals surface area contributed by atoms with E-state index in [4.69, 9.17) is 17.7 Å². The molecule has 0 heterocycles. The minimum Gasteiger partial charge on any atom is -0.460 e. The summed E-state index contributed by atoms with van der Waals surface area (Å²) in [6.45, 7) is 38.5. The third-order valence-electron chi connectivity index (χ3n) is 6.22. The van der Waals surface area contributed by atoms with E-state index in [1.54, 1.807) is 0 Å². The van der Waals surface area contributed by atoms with Crippen LogP contribution in [0.15, 0.2) is 49.1 Å². The Morgan fingerprint density at radius 2 is 1.11 bits per heavy atom. The van der Waals surface area contributed by atoms with Crippen LogP contribution >= 0.6 is 0 Å². The molecule has 0 aromatic heterocycles. The predicted molar refractivity (Wildman–Crippen MR) is 202 cm³/mol. The van der Waals surface area contributed by atoms with E-state index >= 15 is 0 Å². The van der Waals surface area contributed by atoms with Gasteiger partial charge in [0.25, 0.3) is 0 Å². The summed E-state index contributed by atoms with van der Waals surface area (Å²) in [7, 11) is -5.62. The van der Waals surface area contributed by atoms with Crippen LogP contribution in [0.3, 0.4) is 0 Å². The molecule has 0 radical (unpaired) electrons. The number of hydrogen-bond acceptors (Lipinski definition) is 6. The number of carbonyl (C=O) groups is 2. The first-order chi connectivity index (χ1) is 20.6. The Morgan fingerprint density at radius 3 is 1.46 bits per heavy atom. The fraction of sp³-hybridized carbons (Fsp3) is 0.568. The molecule has 0 fully saturated rings. The first kappa shape index (κ1) is 43.7. The molecule has 260 valence electrons. The average molecular weight is 689 g/mol. The van der Waals surface area contributed by atoms with Crippen molar-refractivity contribution in [3.05, 3.63) is 76.9 Å². The van der Waals surface area contributed by atoms with Gasteiger partial charge < -0.3 is 17.7 Å². The Labute approximate surface area is 284 Å². The molecular weight excluding hydrogens is 625 g/mol. The third kappa shape index (κ3) is 20.0. The Bertz CT molecular complexity index is 1280. The van der Waals surface area contributed by atoms with Gasteiger partial charge in [-0.3, -0.25) is 4.79 Å². The number of benzene rings is 2. The van der Waals surface area contributed by atoms with Crippen molar-refractivity contribution < 1.29 is 27.3 Å². The standard InChI is InChI=1S/C15H30O2Si3.C15H22O2.C7H12O2/c1-13-10-11-15(12-14(13)2)20(9,16-18(3,4)5)17-19(6,7)8;1-11-6-7-13(10-12(11)2)8-9-14(16)17-15(3,4)5;1-5-6(8)9-7(2,3)4/h10-12H,1-9H3;6-7,10H,8-9H2,1-5H3;5H,1H2,2-4H3. The van der Waals surface area contributed by atoms with E-state index in [1.807, 2.05) is 41.5 Å². The normalized spacial score (nSPS) is 12.2. The number of hydrogen-bond donors (Lipinski definition) is 0. The maximum Gasteiger partial charge on any atom is 0.348 e. The molecule has 6 nitrogen and oxygen atoms in total. The van der Waals surface area contributed by atoms with Crippen LogP contribution in [-0.2, 0) is 33.7 Å². The summed E-state index contributed by atoms with van der Waals surface area (Å²) in [4.78, 5) is 22.0. The number of aryl methyl sites for hydroxylation is 5. The van der Waals surface area contributed by atoms with E-state index in [-0.39, 0.29) is 17.5 Å². The Morgan fingerprint density at radius 1 is 0.674 bits per heavy atom. The monoisotopic (exact) mass is 688 g/mol. The van der Waals surface area contributed by atoms with Crippen molar-refractivity contribution in [2.45, 2.75) is 139 Å². The summed E-state index contributed by atoms with van der Waals surface area (Å²) in [6, 6.07) is 13.0. The number of ether oxygens (including phenoxy) is 2. The second-order valence-corrected chi connectivity index (χ2v) is 28.5. The second kappa shape index (κ2) is 17.7. The molecule has 0 aliphatic carbocycles. The topological polar surface area (TPSA) is 71.1 Å². The highest BCUT2D eigenvalue weighted by molar-refractivity contribution is 6.94. The first-order valence-corrected chi connectivity index (χ1v) is 25.3. The molecular formula is C37H64O6Si3. The van der Waals surface area contributed by atoms with Gasteiger partial charge in [0.1, 0.15) is 11.2 Å². The molecule has 0 amide bonds. The fourth-order valence-electron chi connectivity index (χ4n) is 4.27. The zero-order chi connectivity index (χ0) is 36.3. The van der Waals surface area contributed by atoms with Gasteiger partial charge in [-0.2, -0.15) is 0 Å². The van der Waals surface area contributed by atoms with E-state index in [0.29, 0.717) is 6.42 Å². The third-order valence-corrected chi connectivity index (χ3v) is 15.6. The van der Waals surface area contributed by atoms with Crippen molar-refractivity contribution in [2.24, 2.45) is 0 Å². The lowest BCUT2D eigenvalue weighted by Gasteiger charge is -2.38. The quantitative estimate of drug-likeness (QED) is 0.149. The van der Waals surface area contributed by atoms with E-state index in [2.05, 4.69) is 117 Å². The van der Waals surface area contributed by atoms with Gasteiger partial charge in [-0.25, -0.2) is 4.79 Å². The lowest BCUT2D eigenvalue weighted by atomic mass is 10.0. The summed E-state index contributed by atoms with van der Waals surface area (Å²) in [6.07, 6.45) is 2.35. The minimum absolute atomic E-state index is 0.129. The molecule has 0 saturated carbocycles. The molecule has 0 bridgehead atoms. The average Bonchev–Trinajstić information content (AvgIpc) is 2.82. The second-order valence-electron chi connectivity index (χ2n) is 15.9. The Kier molecular flexibility index (Phi) is 16.8. The zero-order valence-corrected chi connectivity index (χ0v) is 35.1. The summed E-state index contributed by atoms with van der Waals surface area (Å²) in [5, 5.41) is 1.27. The molecule has 2 rings (SSSR count). The van der Waals surface area contributed by atoms with Gasteiger partial charge in [0.2, 0.25) is 0 Å². The van der Waals surface area contributed by atoms with Crippen molar-refractivity contribution in [3.8, 4) is 0 Å². The molecule has 9 heteroatoms. The first-order valence-electron chi connectivity index (χ1n) is 16.2. The van der Waals surface area contributed by atoms with Crippen molar-refractivity contribution >= 4 is 42.3 Å². The molecule has 0 spiro atoms. The smallest absolute Gasteiger partial charge is 0.348 e. The van der Waals surface area contributed by atoms with E-state index in [0.717, 1.165) is 12.5 Å². The number of rotatable bonds is 9. The van der Waals surface area contributed by atoms with Crippen molar-refractivity contribution in [1.82, 2.24) is 0 Å². The molecule has 0 atom stereocenters. The lowest BCUT2D eigenvalue weighted by Crippen LogP contribution is -2.60. The van der Waals surface area contributed by atoms with Gasteiger partial charge in [-0.1, -0.05) is 43.0 Å². The van der Waals surface area contributed by atoms with Crippen LogP contribution < -0.4 is 5.19 Å². The Balaban J connectivity index is 0.000000707. The number of esters is 2. The van der Waals surface area contributed by atoms with Gasteiger partial charge in [0.15, 0.2) is 16.6 Å². The van der Waals surface area contributed by atoms with E-state index < -0.39 is 30.8 Å². The van der Waals surface area contributed by atoms with Crippen LogP contribution in [-0.4, -0.2) is 48.3 Å². The molecule has 0 unspecified atom stereocenters. The summed E-state index contributed by atoms with van der Waals surface area (Å²) < 4.78 is 23.2. The van der Waals surface area contributed by atoms with Crippen molar-refractivity contribution in [3.63, 3.8) is 0 Å². The van der Waals surface area contributed by atoms with Crippen LogP contribution in [0.1, 0.15) is 75.8 Å². The minimum atomic E-state index is -2.33. The molecule has 2 aromatic rings. The van der Waals surface area contributed by atoms with Crippen molar-refractivity contribution in [1.29, 1.82) is 0 Å². The van der Waals surface area contributed by atoms with Gasteiger partial charge in [-0.05, 0) is 154 Å². The summed E-state index contributed by atoms with van der Waals surface area (Å²) in [5.74, 6) is -0.502. The van der Waals surface area contributed by atoms with Crippen LogP contribution in [0.25, 0.3) is 0 Å². The maximum atomic E-state index is 11.6. The van der Waals surface area contributed by atoms with Crippen molar-refractivity contribution in [2.75, 3.05) is 0 Å². The highest BCUT2D eigenvalue weighted by atomic mass is 28.5. The van der Waals surface area contributed by atoms with Crippen LogP contribution in [0, 0.1) is 27.7 Å². The van der Waals surface area contributed by atoms with Gasteiger partial charge in [-0.15, -0.1) is 0 Å². The van der Waals surface area contributed by atoms with Crippen LogP contribution in [0.2, 0.25) is 45.8 Å². The Hall–Kier alpha value is -2.31. The SMILES string of the molecule is C=CC(=O)OC(C)(C)C.Cc1ccc(CCC(=O)OC(C)(C)C)cc1C.Cc1ccc([Si](C)(O[Si](C)(C)C)O[Si](C)(C)C)cc1C. The summed E-state index contributed by atoms with van der Waals surface area (Å²) >= 11 is 0. The molecule has 0 aliphatic heterocycles. The van der Waals surface area contributed by atoms with Gasteiger partial charge in [0.05, 0.1) is 0 Å². The van der Waals surface area contributed by atoms with Gasteiger partial charge in [0, 0.05) is 12.5 Å². The molecule has 0 N–H and O–H groups in total. The highest BCUT2D eigenvalue weighted by Gasteiger charge is 2.42. The zero-order valence-electron chi connectivity index (χ0n) is 32.1. The van der Waals surface area contributed by atoms with Crippen LogP contribution in [0.4, 0.5) is 0 Å². The van der Waals surface area contributed by atoms with Gasteiger partial charge >= 0.3 is 20.5 Å². The molecule has 2 aromatic carbocycles. The molecule has 0 saturated heterocycles. The molecule has 0 aliphatic rings. The van der Waals surface area contributed by atoms with E-state index in [1.165, 1.54) is 33.0 Å². The largest absolute Gasteiger partial charge is 0.460 e. The predicted octanol–water partition coefficient (Wildman–Crippen LogP) is 9.38. The molecule has 46 heavy (non-hydrogen) atoms. The highest BCUT2D eigenvalue weighted by Crippen LogP contribution is 2.22. The lowest BCUT2D eigenvalue weighted by molar-refractivity contribution is -0.154. The van der Waals surface area contributed by atoms with E-state index in [9.17, 15) is 9.59 Å².